The molecule has 1 rings (SSSR count). The lowest BCUT2D eigenvalue weighted by atomic mass is 10.1. The number of non-ortho nitro benzene ring substituents is 1. The molecule has 0 radical (unpaired) electrons. The maximum absolute atomic E-state index is 13.3. The first-order valence-electron chi connectivity index (χ1n) is 4.29. The number of allylic oxidation sites excluding steroid dienone is 1. The van der Waals surface area contributed by atoms with Gasteiger partial charge in [0.25, 0.3) is 5.69 Å². The fraction of sp³-hybridized carbons (Fsp3) is 0.200. The summed E-state index contributed by atoms with van der Waals surface area (Å²) >= 11 is 0. The van der Waals surface area contributed by atoms with E-state index >= 15 is 0 Å². The first-order valence-corrected chi connectivity index (χ1v) is 4.29. The van der Waals surface area contributed by atoms with Crippen molar-refractivity contribution in [3.05, 3.63) is 52.3 Å². The molecule has 0 saturated heterocycles. The van der Waals surface area contributed by atoms with E-state index in [0.717, 1.165) is 6.08 Å². The summed E-state index contributed by atoms with van der Waals surface area (Å²) in [7, 11) is 0. The van der Waals surface area contributed by atoms with Crippen molar-refractivity contribution in [2.75, 3.05) is 0 Å². The third-order valence-electron chi connectivity index (χ3n) is 1.90. The van der Waals surface area contributed by atoms with Crippen LogP contribution in [0.15, 0.2) is 36.7 Å². The number of rotatable bonds is 4. The summed E-state index contributed by atoms with van der Waals surface area (Å²) in [4.78, 5) is 9.75. The number of nitrogens with zero attached hydrogens (tertiary/aromatic N) is 1. The van der Waals surface area contributed by atoms with Crippen molar-refractivity contribution in [3.63, 3.8) is 0 Å². The smallest absolute Gasteiger partial charge is 0.258 e. The molecule has 0 aromatic heterocycles. The summed E-state index contributed by atoms with van der Waals surface area (Å²) in [5.74, 6) is 0. The van der Waals surface area contributed by atoms with Gasteiger partial charge in [0.1, 0.15) is 6.17 Å². The van der Waals surface area contributed by atoms with E-state index in [9.17, 15) is 18.9 Å². The molecule has 0 N–H and O–H groups in total. The van der Waals surface area contributed by atoms with E-state index in [0.29, 0.717) is 5.56 Å². The lowest BCUT2D eigenvalue weighted by Gasteiger charge is -2.04. The zero-order valence-corrected chi connectivity index (χ0v) is 7.77. The molecule has 5 heteroatoms. The highest BCUT2D eigenvalue weighted by atomic mass is 19.1. The molecule has 1 aromatic rings. The zero-order chi connectivity index (χ0) is 11.3. The molecular formula is C10H9F2NO2. The largest absolute Gasteiger partial charge is 0.269 e. The van der Waals surface area contributed by atoms with Gasteiger partial charge in [-0.1, -0.05) is 6.08 Å². The van der Waals surface area contributed by atoms with Gasteiger partial charge in [0, 0.05) is 18.6 Å². The van der Waals surface area contributed by atoms with E-state index in [4.69, 9.17) is 0 Å². The molecule has 0 aliphatic carbocycles. The van der Waals surface area contributed by atoms with E-state index in [1.54, 1.807) is 0 Å². The standard InChI is InChI=1S/C10H9F2NO2/c11-7-1-2-10(12)8-3-5-9(6-4-8)13(14)15/h1,3-7,10H,2H2/b7-1+. The fourth-order valence-electron chi connectivity index (χ4n) is 1.11. The minimum Gasteiger partial charge on any atom is -0.258 e. The average Bonchev–Trinajstić information content (AvgIpc) is 2.26. The van der Waals surface area contributed by atoms with Crippen molar-refractivity contribution in [1.82, 2.24) is 0 Å². The Balaban J connectivity index is 2.75. The van der Waals surface area contributed by atoms with Gasteiger partial charge in [-0.15, -0.1) is 0 Å². The number of halogens is 2. The van der Waals surface area contributed by atoms with Gasteiger partial charge in [-0.25, -0.2) is 8.78 Å². The van der Waals surface area contributed by atoms with Crippen LogP contribution in [0.2, 0.25) is 0 Å². The van der Waals surface area contributed by atoms with Crippen LogP contribution in [0.25, 0.3) is 0 Å². The molecule has 0 fully saturated rings. The number of alkyl halides is 1. The van der Waals surface area contributed by atoms with Crippen molar-refractivity contribution in [2.45, 2.75) is 12.6 Å². The number of nitro benzene ring substituents is 1. The second kappa shape index (κ2) is 5.19. The third kappa shape index (κ3) is 3.12. The van der Waals surface area contributed by atoms with Crippen molar-refractivity contribution < 1.29 is 13.7 Å². The number of hydrogen-bond acceptors (Lipinski definition) is 2. The minimum atomic E-state index is -1.34. The third-order valence-corrected chi connectivity index (χ3v) is 1.90. The number of nitro groups is 1. The van der Waals surface area contributed by atoms with Gasteiger partial charge >= 0.3 is 0 Å². The molecule has 0 heterocycles. The zero-order valence-electron chi connectivity index (χ0n) is 7.77. The first-order chi connectivity index (χ1) is 7.15. The van der Waals surface area contributed by atoms with E-state index in [1.165, 1.54) is 24.3 Å². The van der Waals surface area contributed by atoms with E-state index in [1.807, 2.05) is 0 Å². The Kier molecular flexibility index (Phi) is 3.91. The molecule has 15 heavy (non-hydrogen) atoms. The van der Waals surface area contributed by atoms with Gasteiger partial charge in [0.15, 0.2) is 0 Å². The lowest BCUT2D eigenvalue weighted by Crippen LogP contribution is -1.92. The summed E-state index contributed by atoms with van der Waals surface area (Å²) in [6.07, 6.45) is -0.0731. The van der Waals surface area contributed by atoms with E-state index < -0.39 is 11.1 Å². The molecule has 1 aromatic carbocycles. The molecule has 0 aliphatic heterocycles. The minimum absolute atomic E-state index is 0.0751. The van der Waals surface area contributed by atoms with Gasteiger partial charge in [0.2, 0.25) is 0 Å². The highest BCUT2D eigenvalue weighted by molar-refractivity contribution is 5.33. The quantitative estimate of drug-likeness (QED) is 0.567. The molecule has 0 saturated carbocycles. The Morgan fingerprint density at radius 1 is 1.40 bits per heavy atom. The average molecular weight is 213 g/mol. The predicted octanol–water partition coefficient (Wildman–Crippen LogP) is 3.48. The second-order valence-electron chi connectivity index (χ2n) is 2.91. The highest BCUT2D eigenvalue weighted by Gasteiger charge is 2.10. The van der Waals surface area contributed by atoms with Crippen LogP contribution >= 0.6 is 0 Å². The van der Waals surface area contributed by atoms with E-state index in [2.05, 4.69) is 0 Å². The van der Waals surface area contributed by atoms with Crippen LogP contribution in [0, 0.1) is 10.1 Å². The SMILES string of the molecule is O=[N+]([O-])c1ccc(C(F)C/C=C/F)cc1. The van der Waals surface area contributed by atoms with Gasteiger partial charge < -0.3 is 0 Å². The fourth-order valence-corrected chi connectivity index (χ4v) is 1.11. The summed E-state index contributed by atoms with van der Waals surface area (Å²) in [5.41, 5.74) is 0.214. The van der Waals surface area contributed by atoms with Crippen molar-refractivity contribution in [1.29, 1.82) is 0 Å². The maximum atomic E-state index is 13.3. The molecule has 0 amide bonds. The van der Waals surface area contributed by atoms with Crippen molar-refractivity contribution >= 4 is 5.69 Å². The Bertz CT molecular complexity index is 362. The van der Waals surface area contributed by atoms with Crippen molar-refractivity contribution in [2.24, 2.45) is 0 Å². The predicted molar refractivity (Wildman–Crippen MR) is 51.8 cm³/mol. The van der Waals surface area contributed by atoms with Gasteiger partial charge in [0.05, 0.1) is 11.3 Å². The molecule has 80 valence electrons. The lowest BCUT2D eigenvalue weighted by molar-refractivity contribution is -0.384. The summed E-state index contributed by atoms with van der Waals surface area (Å²) < 4.78 is 24.9. The van der Waals surface area contributed by atoms with Gasteiger partial charge in [-0.3, -0.25) is 10.1 Å². The summed E-state index contributed by atoms with van der Waals surface area (Å²) in [6.45, 7) is 0. The van der Waals surface area contributed by atoms with Crippen LogP contribution in [-0.2, 0) is 0 Å². The Morgan fingerprint density at radius 3 is 2.47 bits per heavy atom. The molecule has 1 atom stereocenters. The molecule has 1 unspecified atom stereocenters. The first kappa shape index (κ1) is 11.3. The maximum Gasteiger partial charge on any atom is 0.269 e. The highest BCUT2D eigenvalue weighted by Crippen LogP contribution is 2.23. The second-order valence-corrected chi connectivity index (χ2v) is 2.91. The monoisotopic (exact) mass is 213 g/mol. The topological polar surface area (TPSA) is 43.1 Å². The summed E-state index contributed by atoms with van der Waals surface area (Å²) in [6, 6.07) is 5.10. The number of hydrogen-bond donors (Lipinski definition) is 0. The van der Waals surface area contributed by atoms with Crippen LogP contribution in [0.1, 0.15) is 18.2 Å². The normalized spacial score (nSPS) is 12.9. The van der Waals surface area contributed by atoms with Crippen LogP contribution in [0.3, 0.4) is 0 Å². The Labute approximate surface area is 85.2 Å². The van der Waals surface area contributed by atoms with E-state index in [-0.39, 0.29) is 18.4 Å². The molecule has 3 nitrogen and oxygen atoms in total. The van der Waals surface area contributed by atoms with Crippen LogP contribution in [0.4, 0.5) is 14.5 Å². The van der Waals surface area contributed by atoms with Crippen molar-refractivity contribution in [3.8, 4) is 0 Å². The number of benzene rings is 1. The van der Waals surface area contributed by atoms with Crippen LogP contribution in [-0.4, -0.2) is 4.92 Å². The molecule has 0 spiro atoms. The van der Waals surface area contributed by atoms with Crippen LogP contribution in [0.5, 0.6) is 0 Å². The van der Waals surface area contributed by atoms with Gasteiger partial charge in [-0.2, -0.15) is 0 Å². The Morgan fingerprint density at radius 2 is 2.00 bits per heavy atom. The summed E-state index contributed by atoms with van der Waals surface area (Å²) in [5, 5.41) is 10.3. The van der Waals surface area contributed by atoms with Gasteiger partial charge in [-0.05, 0) is 17.7 Å². The molecule has 0 bridgehead atoms. The van der Waals surface area contributed by atoms with Crippen LogP contribution < -0.4 is 0 Å². The molecular weight excluding hydrogens is 204 g/mol. The Hall–Kier alpha value is -1.78. The molecule has 0 aliphatic rings.